The number of Topliss-reactive ketones (excluding diaryl/α,β-unsaturated/α-hetero) is 2. The van der Waals surface area contributed by atoms with Crippen LogP contribution in [0, 0.1) is 17.8 Å². The molecule has 1 fully saturated rings. The molecule has 0 aromatic heterocycles. The van der Waals surface area contributed by atoms with E-state index < -0.39 is 58.0 Å². The van der Waals surface area contributed by atoms with Gasteiger partial charge in [0.05, 0.1) is 11.6 Å². The van der Waals surface area contributed by atoms with Crippen molar-refractivity contribution in [2.24, 2.45) is 23.5 Å². The molecule has 7 N–H and O–H groups in total. The minimum atomic E-state index is -2.68. The number of aromatic hydroxyl groups is 1. The van der Waals surface area contributed by atoms with Gasteiger partial charge in [0.2, 0.25) is 5.78 Å². The van der Waals surface area contributed by atoms with Crippen LogP contribution in [-0.4, -0.2) is 98.2 Å². The molecule has 0 radical (unpaired) electrons. The fourth-order valence-corrected chi connectivity index (χ4v) is 6.92. The number of allylic oxidation sites excluding steroid dienone is 1. The monoisotopic (exact) mass is 547 g/mol. The number of phenols is 1. The number of hydrogen-bond acceptors (Lipinski definition) is 10. The third-order valence-electron chi connectivity index (χ3n) is 8.42. The highest BCUT2D eigenvalue weighted by molar-refractivity contribution is 6.33. The number of likely N-dealkylation sites (tertiary alicyclic amines) is 1. The van der Waals surface area contributed by atoms with Crippen molar-refractivity contribution in [2.75, 3.05) is 33.8 Å². The van der Waals surface area contributed by atoms with E-state index >= 15 is 0 Å². The number of carbonyl (C=O) groups excluding carboxylic acids is 3. The lowest BCUT2D eigenvalue weighted by atomic mass is 9.58. The summed E-state index contributed by atoms with van der Waals surface area (Å²) in [6.07, 6.45) is 0.130. The van der Waals surface area contributed by atoms with E-state index in [-0.39, 0.29) is 42.3 Å². The Labute approximate surface area is 223 Å². The first-order chi connectivity index (χ1) is 17.8. The Morgan fingerprint density at radius 3 is 2.47 bits per heavy atom. The third-order valence-corrected chi connectivity index (χ3v) is 8.89. The standard InChI is InChI=1S/C26H30ClN3O8/c1-29(2)20-14-4-11-3-13-17(15(32)5-12(19(13)27)8-30-6-10(7-30)9-31)21(33)16(11)23(35)26(14,38)24(36)18(22(20)34)25(28)37/h5,10-11,14,20,31-32,34-35,38H,3-4,6-9H2,1-2H3,(H2,28,37)/t11-,14-,20-,26-/m0/s1. The van der Waals surface area contributed by atoms with Crippen molar-refractivity contribution in [1.29, 1.82) is 0 Å². The lowest BCUT2D eigenvalue weighted by Gasteiger charge is -2.50. The van der Waals surface area contributed by atoms with E-state index in [2.05, 4.69) is 4.90 Å². The summed E-state index contributed by atoms with van der Waals surface area (Å²) in [4.78, 5) is 42.6. The van der Waals surface area contributed by atoms with E-state index in [4.69, 9.17) is 17.3 Å². The molecule has 12 heteroatoms. The lowest BCUT2D eigenvalue weighted by molar-refractivity contribution is -0.148. The predicted octanol–water partition coefficient (Wildman–Crippen LogP) is 0.198. The molecule has 38 heavy (non-hydrogen) atoms. The number of amides is 1. The van der Waals surface area contributed by atoms with Gasteiger partial charge in [0.25, 0.3) is 5.91 Å². The van der Waals surface area contributed by atoms with Gasteiger partial charge < -0.3 is 31.3 Å². The number of nitrogens with two attached hydrogens (primary N) is 1. The molecule has 4 atom stereocenters. The van der Waals surface area contributed by atoms with Crippen LogP contribution in [0.1, 0.15) is 27.9 Å². The van der Waals surface area contributed by atoms with E-state index in [9.17, 15) is 39.9 Å². The summed E-state index contributed by atoms with van der Waals surface area (Å²) in [5, 5.41) is 54.2. The molecule has 1 saturated heterocycles. The number of primary amides is 1. The summed E-state index contributed by atoms with van der Waals surface area (Å²) in [6, 6.07) is 0.338. The van der Waals surface area contributed by atoms with Gasteiger partial charge in [-0.15, -0.1) is 0 Å². The Balaban J connectivity index is 1.60. The lowest BCUT2D eigenvalue weighted by Crippen LogP contribution is -2.63. The van der Waals surface area contributed by atoms with Crippen LogP contribution in [0.3, 0.4) is 0 Å². The second-order valence-corrected chi connectivity index (χ2v) is 11.3. The number of carbonyl (C=O) groups is 3. The Kier molecular flexibility index (Phi) is 6.35. The third kappa shape index (κ3) is 3.60. The van der Waals surface area contributed by atoms with E-state index in [0.29, 0.717) is 35.8 Å². The minimum absolute atomic E-state index is 0.00259. The highest BCUT2D eigenvalue weighted by Gasteiger charge is 2.63. The summed E-state index contributed by atoms with van der Waals surface area (Å²) in [5.41, 5.74) is 2.49. The van der Waals surface area contributed by atoms with E-state index in [1.165, 1.54) is 11.0 Å². The molecule has 3 aliphatic carbocycles. The topological polar surface area (TPSA) is 185 Å². The number of halogens is 1. The molecule has 0 unspecified atom stereocenters. The van der Waals surface area contributed by atoms with Crippen molar-refractivity contribution in [3.8, 4) is 5.75 Å². The largest absolute Gasteiger partial charge is 0.510 e. The summed E-state index contributed by atoms with van der Waals surface area (Å²) in [5.74, 6) is -6.78. The number of hydrogen-bond donors (Lipinski definition) is 6. The number of nitrogens with zero attached hydrogens (tertiary/aromatic N) is 2. The normalized spacial score (nSPS) is 29.8. The maximum Gasteiger partial charge on any atom is 0.255 e. The number of benzene rings is 1. The summed E-state index contributed by atoms with van der Waals surface area (Å²) in [6.45, 7) is 1.86. The highest BCUT2D eigenvalue weighted by Crippen LogP contribution is 2.53. The van der Waals surface area contributed by atoms with Gasteiger partial charge in [-0.05, 0) is 50.0 Å². The van der Waals surface area contributed by atoms with Gasteiger partial charge in [-0.1, -0.05) is 11.6 Å². The minimum Gasteiger partial charge on any atom is -0.510 e. The van der Waals surface area contributed by atoms with Gasteiger partial charge in [0.15, 0.2) is 11.4 Å². The first-order valence-corrected chi connectivity index (χ1v) is 12.7. The fraction of sp³-hybridized carbons (Fsp3) is 0.500. The van der Waals surface area contributed by atoms with Crippen molar-refractivity contribution >= 4 is 29.1 Å². The van der Waals surface area contributed by atoms with Gasteiger partial charge in [0.1, 0.15) is 22.8 Å². The fourth-order valence-electron chi connectivity index (χ4n) is 6.63. The van der Waals surface area contributed by atoms with E-state index in [0.717, 1.165) is 0 Å². The molecule has 4 aliphatic rings. The van der Waals surface area contributed by atoms with Gasteiger partial charge in [-0.2, -0.15) is 0 Å². The van der Waals surface area contributed by atoms with Crippen molar-refractivity contribution in [1.82, 2.24) is 9.80 Å². The number of aliphatic hydroxyl groups is 4. The molecule has 1 aromatic carbocycles. The first kappa shape index (κ1) is 26.6. The van der Waals surface area contributed by atoms with Crippen LogP contribution in [0.15, 0.2) is 28.7 Å². The molecule has 1 heterocycles. The molecule has 0 bridgehead atoms. The molecular formula is C26H30ClN3O8. The predicted molar refractivity (Wildman–Crippen MR) is 135 cm³/mol. The van der Waals surface area contributed by atoms with Gasteiger partial charge in [0, 0.05) is 48.7 Å². The first-order valence-electron chi connectivity index (χ1n) is 12.3. The van der Waals surface area contributed by atoms with Crippen molar-refractivity contribution in [2.45, 2.75) is 31.0 Å². The maximum atomic E-state index is 13.7. The molecule has 5 rings (SSSR count). The Morgan fingerprint density at radius 2 is 1.89 bits per heavy atom. The number of likely N-dealkylation sites (N-methyl/N-ethyl adjacent to an activating group) is 1. The van der Waals surface area contributed by atoms with E-state index in [1.54, 1.807) is 14.1 Å². The molecule has 0 spiro atoms. The molecule has 1 aromatic rings. The second kappa shape index (κ2) is 9.06. The van der Waals surface area contributed by atoms with Crippen molar-refractivity contribution < 1.29 is 39.9 Å². The average Bonchev–Trinajstić information content (AvgIpc) is 2.80. The van der Waals surface area contributed by atoms with E-state index in [1.807, 2.05) is 0 Å². The van der Waals surface area contributed by atoms with Crippen LogP contribution in [0.5, 0.6) is 5.75 Å². The zero-order valence-electron chi connectivity index (χ0n) is 20.9. The number of rotatable bonds is 5. The summed E-state index contributed by atoms with van der Waals surface area (Å²) in [7, 11) is 3.15. The van der Waals surface area contributed by atoms with Crippen LogP contribution >= 0.6 is 11.6 Å². The number of ketones is 2. The van der Waals surface area contributed by atoms with Crippen molar-refractivity contribution in [3.05, 3.63) is 50.4 Å². The molecule has 1 amide bonds. The smallest absolute Gasteiger partial charge is 0.255 e. The van der Waals surface area contributed by atoms with Crippen LogP contribution in [-0.2, 0) is 22.6 Å². The zero-order valence-corrected chi connectivity index (χ0v) is 21.7. The number of phenolic OH excluding ortho intramolecular Hbond substituents is 1. The molecule has 1 aliphatic heterocycles. The number of aliphatic hydroxyl groups excluding tert-OH is 3. The molecular weight excluding hydrogens is 518 g/mol. The molecule has 0 saturated carbocycles. The SMILES string of the molecule is CN(C)[C@@H]1C(O)=C(C(N)=O)C(=O)[C@@]2(O)C(O)=C3C(=O)c4c(O)cc(CN5CC(CO)C5)c(Cl)c4C[C@H]3C[C@@H]12. The molecule has 11 nitrogen and oxygen atoms in total. The quantitative estimate of drug-likeness (QED) is 0.278. The van der Waals surface area contributed by atoms with Gasteiger partial charge in [-0.25, -0.2) is 0 Å². The number of fused-ring (bicyclic) bond motifs is 3. The second-order valence-electron chi connectivity index (χ2n) is 10.9. The molecule has 204 valence electrons. The van der Waals surface area contributed by atoms with Crippen molar-refractivity contribution in [3.63, 3.8) is 0 Å². The highest BCUT2D eigenvalue weighted by atomic mass is 35.5. The average molecular weight is 548 g/mol. The zero-order chi connectivity index (χ0) is 27.8. The van der Waals surface area contributed by atoms with Crippen LogP contribution in [0.4, 0.5) is 0 Å². The van der Waals surface area contributed by atoms with Gasteiger partial charge >= 0.3 is 0 Å². The Hall–Kier alpha value is -2.96. The summed E-state index contributed by atoms with van der Waals surface area (Å²) >= 11 is 6.74. The van der Waals surface area contributed by atoms with Crippen LogP contribution < -0.4 is 5.73 Å². The van der Waals surface area contributed by atoms with Crippen LogP contribution in [0.2, 0.25) is 5.02 Å². The maximum absolute atomic E-state index is 13.7. The Bertz CT molecular complexity index is 1330. The Morgan fingerprint density at radius 1 is 1.24 bits per heavy atom. The van der Waals surface area contributed by atoms with Gasteiger partial charge in [-0.3, -0.25) is 24.2 Å². The van der Waals surface area contributed by atoms with Crippen LogP contribution in [0.25, 0.3) is 0 Å². The summed E-state index contributed by atoms with van der Waals surface area (Å²) < 4.78 is 0.